The molecule has 0 amide bonds. The lowest BCUT2D eigenvalue weighted by Crippen LogP contribution is -1.93. The largest absolute Gasteiger partial charge is 0.411 e. The Kier molecular flexibility index (Phi) is 2.65. The number of rotatable bonds is 1. The predicted molar refractivity (Wildman–Crippen MR) is 45.5 cm³/mol. The fraction of sp³-hybridized carbons (Fsp3) is 0.125. The van der Waals surface area contributed by atoms with Gasteiger partial charge < -0.3 is 5.21 Å². The van der Waals surface area contributed by atoms with Gasteiger partial charge in [0.2, 0.25) is 0 Å². The number of benzene rings is 1. The summed E-state index contributed by atoms with van der Waals surface area (Å²) in [5, 5.41) is 11.2. The van der Waals surface area contributed by atoms with Crippen molar-refractivity contribution in [3.63, 3.8) is 0 Å². The van der Waals surface area contributed by atoms with E-state index >= 15 is 0 Å². The summed E-state index contributed by atoms with van der Waals surface area (Å²) in [5.41, 5.74) is 0.577. The quantitative estimate of drug-likeness (QED) is 0.409. The monoisotopic (exact) mass is 187 g/mol. The summed E-state index contributed by atoms with van der Waals surface area (Å²) in [4.78, 5) is 0. The molecule has 1 aromatic carbocycles. The predicted octanol–water partition coefficient (Wildman–Crippen LogP) is 2.60. The van der Waals surface area contributed by atoms with Gasteiger partial charge in [-0.15, -0.1) is 0 Å². The SMILES string of the molecule is Cc1ccc(Cl)c(C=NO)c1F. The zero-order chi connectivity index (χ0) is 9.14. The van der Waals surface area contributed by atoms with Crippen LogP contribution in [0.15, 0.2) is 17.3 Å². The van der Waals surface area contributed by atoms with Crippen molar-refractivity contribution in [1.29, 1.82) is 0 Å². The van der Waals surface area contributed by atoms with E-state index in [9.17, 15) is 4.39 Å². The van der Waals surface area contributed by atoms with E-state index in [1.165, 1.54) is 0 Å². The van der Waals surface area contributed by atoms with Crippen LogP contribution in [-0.4, -0.2) is 11.4 Å². The van der Waals surface area contributed by atoms with Crippen LogP contribution in [0.4, 0.5) is 4.39 Å². The van der Waals surface area contributed by atoms with Crippen LogP contribution in [0.5, 0.6) is 0 Å². The summed E-state index contributed by atoms with van der Waals surface area (Å²) >= 11 is 5.64. The molecule has 0 atom stereocenters. The van der Waals surface area contributed by atoms with E-state index in [0.29, 0.717) is 5.56 Å². The van der Waals surface area contributed by atoms with Crippen molar-refractivity contribution in [3.8, 4) is 0 Å². The Labute approximate surface area is 74.3 Å². The van der Waals surface area contributed by atoms with Crippen molar-refractivity contribution in [2.75, 3.05) is 0 Å². The second-order valence-electron chi connectivity index (χ2n) is 2.34. The number of halogens is 2. The fourth-order valence-corrected chi connectivity index (χ4v) is 1.05. The van der Waals surface area contributed by atoms with E-state index in [2.05, 4.69) is 5.16 Å². The van der Waals surface area contributed by atoms with Crippen molar-refractivity contribution < 1.29 is 9.60 Å². The van der Waals surface area contributed by atoms with E-state index in [-0.39, 0.29) is 10.6 Å². The normalized spacial score (nSPS) is 10.9. The van der Waals surface area contributed by atoms with Crippen molar-refractivity contribution >= 4 is 17.8 Å². The first-order valence-electron chi connectivity index (χ1n) is 3.29. The summed E-state index contributed by atoms with van der Waals surface area (Å²) in [5.74, 6) is -0.458. The third kappa shape index (κ3) is 1.56. The molecule has 0 aliphatic heterocycles. The van der Waals surface area contributed by atoms with Crippen LogP contribution >= 0.6 is 11.6 Å². The second-order valence-corrected chi connectivity index (χ2v) is 2.74. The maximum absolute atomic E-state index is 13.2. The maximum atomic E-state index is 13.2. The standard InChI is InChI=1S/C8H7ClFNO/c1-5-2-3-7(9)6(4-11-12)8(5)10/h2-4,12H,1H3. The first-order valence-corrected chi connectivity index (χ1v) is 3.66. The Balaban J connectivity index is 3.32. The molecule has 1 rings (SSSR count). The van der Waals surface area contributed by atoms with Crippen LogP contribution in [-0.2, 0) is 0 Å². The van der Waals surface area contributed by atoms with Crippen molar-refractivity contribution in [2.45, 2.75) is 6.92 Å². The number of aryl methyl sites for hydroxylation is 1. The zero-order valence-electron chi connectivity index (χ0n) is 6.38. The van der Waals surface area contributed by atoms with Gasteiger partial charge in [0.1, 0.15) is 5.82 Å². The smallest absolute Gasteiger partial charge is 0.136 e. The lowest BCUT2D eigenvalue weighted by Gasteiger charge is -2.01. The highest BCUT2D eigenvalue weighted by Crippen LogP contribution is 2.19. The molecule has 0 aromatic heterocycles. The molecule has 0 radical (unpaired) electrons. The van der Waals surface area contributed by atoms with Crippen LogP contribution in [0.1, 0.15) is 11.1 Å². The molecule has 0 heterocycles. The average Bonchev–Trinajstić information content (AvgIpc) is 2.06. The molecule has 64 valence electrons. The highest BCUT2D eigenvalue weighted by molar-refractivity contribution is 6.33. The van der Waals surface area contributed by atoms with Crippen molar-refractivity contribution in [3.05, 3.63) is 34.1 Å². The van der Waals surface area contributed by atoms with Crippen molar-refractivity contribution in [2.24, 2.45) is 5.16 Å². The van der Waals surface area contributed by atoms with Crippen LogP contribution in [0.2, 0.25) is 5.02 Å². The second kappa shape index (κ2) is 3.54. The van der Waals surface area contributed by atoms with E-state index < -0.39 is 5.82 Å². The van der Waals surface area contributed by atoms with Gasteiger partial charge in [-0.2, -0.15) is 0 Å². The molecule has 0 aliphatic carbocycles. The molecule has 0 unspecified atom stereocenters. The van der Waals surface area contributed by atoms with Gasteiger partial charge in [-0.1, -0.05) is 22.8 Å². The van der Waals surface area contributed by atoms with Gasteiger partial charge in [-0.05, 0) is 18.6 Å². The number of oxime groups is 1. The molecule has 1 aromatic rings. The molecule has 1 N–H and O–H groups in total. The molecule has 4 heteroatoms. The Morgan fingerprint density at radius 3 is 2.83 bits per heavy atom. The van der Waals surface area contributed by atoms with Gasteiger partial charge in [-0.3, -0.25) is 0 Å². The van der Waals surface area contributed by atoms with E-state index in [1.54, 1.807) is 19.1 Å². The molecular weight excluding hydrogens is 181 g/mol. The van der Waals surface area contributed by atoms with Gasteiger partial charge in [0, 0.05) is 0 Å². The highest BCUT2D eigenvalue weighted by Gasteiger charge is 2.07. The Morgan fingerprint density at radius 2 is 2.25 bits per heavy atom. The molecule has 0 aliphatic rings. The summed E-state index contributed by atoms with van der Waals surface area (Å²) in [6.07, 6.45) is 0.977. The van der Waals surface area contributed by atoms with Crippen LogP contribution in [0.25, 0.3) is 0 Å². The molecule has 0 spiro atoms. The van der Waals surface area contributed by atoms with E-state index in [1.807, 2.05) is 0 Å². The van der Waals surface area contributed by atoms with Crippen LogP contribution in [0.3, 0.4) is 0 Å². The first-order chi connectivity index (χ1) is 5.66. The van der Waals surface area contributed by atoms with E-state index in [0.717, 1.165) is 6.21 Å². The molecule has 2 nitrogen and oxygen atoms in total. The molecular formula is C8H7ClFNO. The van der Waals surface area contributed by atoms with Gasteiger partial charge in [0.05, 0.1) is 16.8 Å². The summed E-state index contributed by atoms with van der Waals surface area (Å²) in [6.45, 7) is 1.61. The van der Waals surface area contributed by atoms with Crippen LogP contribution < -0.4 is 0 Å². The average molecular weight is 188 g/mol. The summed E-state index contributed by atoms with van der Waals surface area (Å²) in [7, 11) is 0. The third-order valence-electron chi connectivity index (χ3n) is 1.51. The lowest BCUT2D eigenvalue weighted by atomic mass is 10.1. The minimum absolute atomic E-state index is 0.110. The zero-order valence-corrected chi connectivity index (χ0v) is 7.14. The van der Waals surface area contributed by atoms with Gasteiger partial charge in [0.25, 0.3) is 0 Å². The number of hydrogen-bond donors (Lipinski definition) is 1. The number of hydrogen-bond acceptors (Lipinski definition) is 2. The molecule has 0 saturated heterocycles. The summed E-state index contributed by atoms with van der Waals surface area (Å²) < 4.78 is 13.2. The topological polar surface area (TPSA) is 32.6 Å². The van der Waals surface area contributed by atoms with Gasteiger partial charge in [-0.25, -0.2) is 4.39 Å². The van der Waals surface area contributed by atoms with Crippen molar-refractivity contribution in [1.82, 2.24) is 0 Å². The van der Waals surface area contributed by atoms with Gasteiger partial charge >= 0.3 is 0 Å². The maximum Gasteiger partial charge on any atom is 0.136 e. The minimum Gasteiger partial charge on any atom is -0.411 e. The van der Waals surface area contributed by atoms with Crippen LogP contribution in [0, 0.1) is 12.7 Å². The minimum atomic E-state index is -0.458. The Morgan fingerprint density at radius 1 is 1.58 bits per heavy atom. The highest BCUT2D eigenvalue weighted by atomic mass is 35.5. The third-order valence-corrected chi connectivity index (χ3v) is 1.84. The number of nitrogens with zero attached hydrogens (tertiary/aromatic N) is 1. The molecule has 0 bridgehead atoms. The lowest BCUT2D eigenvalue weighted by molar-refractivity contribution is 0.321. The first kappa shape index (κ1) is 9.00. The summed E-state index contributed by atoms with van der Waals surface area (Å²) in [6, 6.07) is 3.11. The Hall–Kier alpha value is -1.09. The Bertz CT molecular complexity index is 325. The molecule has 0 fully saturated rings. The van der Waals surface area contributed by atoms with E-state index in [4.69, 9.17) is 16.8 Å². The fourth-order valence-electron chi connectivity index (χ4n) is 0.854. The molecule has 12 heavy (non-hydrogen) atoms. The van der Waals surface area contributed by atoms with Gasteiger partial charge in [0.15, 0.2) is 0 Å². The molecule has 0 saturated carbocycles.